The first-order chi connectivity index (χ1) is 12.1. The van der Waals surface area contributed by atoms with Crippen molar-refractivity contribution in [3.05, 3.63) is 0 Å². The fraction of sp³-hybridized carbons (Fsp3) is 1.00. The van der Waals surface area contributed by atoms with Gasteiger partial charge in [-0.1, -0.05) is 26.7 Å². The zero-order valence-corrected chi connectivity index (χ0v) is 16.5. The van der Waals surface area contributed by atoms with Crippen LogP contribution in [0.1, 0.15) is 84.5 Å². The average molecular weight is 347 g/mol. The lowest BCUT2D eigenvalue weighted by molar-refractivity contribution is -0.121. The highest BCUT2D eigenvalue weighted by molar-refractivity contribution is 5.08. The van der Waals surface area contributed by atoms with E-state index in [1.165, 1.54) is 64.2 Å². The first-order valence-electron chi connectivity index (χ1n) is 11.3. The summed E-state index contributed by atoms with van der Waals surface area (Å²) in [5.41, 5.74) is 1.24. The average Bonchev–Trinajstić information content (AvgIpc) is 3.23. The minimum atomic E-state index is 0.102. The molecule has 5 aliphatic rings. The van der Waals surface area contributed by atoms with Crippen LogP contribution in [0, 0.1) is 40.4 Å². The summed E-state index contributed by atoms with van der Waals surface area (Å²) in [6, 6.07) is 0. The summed E-state index contributed by atoms with van der Waals surface area (Å²) in [4.78, 5) is 0. The van der Waals surface area contributed by atoms with E-state index in [-0.39, 0.29) is 6.29 Å². The number of hydrogen-bond donors (Lipinski definition) is 0. The molecule has 5 fully saturated rings. The summed E-state index contributed by atoms with van der Waals surface area (Å²) in [5.74, 6) is 4.91. The highest BCUT2D eigenvalue weighted by Crippen LogP contribution is 2.67. The third-order valence-electron chi connectivity index (χ3n) is 9.95. The van der Waals surface area contributed by atoms with Crippen LogP contribution in [0.5, 0.6) is 0 Å². The standard InChI is InChI=1S/C23H38O2/c1-22-11-4-3-5-16(22)6-8-18-19-9-7-17(15-21-24-13-14-25-21)23(19,2)12-10-20(18)22/h16-21H,3-15H2,1-2H3/t16?,17-,18?,19?,20?,22?,23?/m1/s1. The monoisotopic (exact) mass is 346 g/mol. The Hall–Kier alpha value is -0.0800. The maximum Gasteiger partial charge on any atom is 0.158 e. The molecule has 0 aromatic heterocycles. The Morgan fingerprint density at radius 1 is 0.760 bits per heavy atom. The predicted octanol–water partition coefficient (Wildman–Crippen LogP) is 5.80. The van der Waals surface area contributed by atoms with Crippen molar-refractivity contribution in [2.45, 2.75) is 90.8 Å². The van der Waals surface area contributed by atoms with Gasteiger partial charge < -0.3 is 9.47 Å². The quantitative estimate of drug-likeness (QED) is 0.629. The second-order valence-electron chi connectivity index (χ2n) is 10.6. The maximum atomic E-state index is 5.81. The van der Waals surface area contributed by atoms with Crippen LogP contribution in [0.3, 0.4) is 0 Å². The Labute approximate surface area is 154 Å². The van der Waals surface area contributed by atoms with Crippen LogP contribution < -0.4 is 0 Å². The predicted molar refractivity (Wildman–Crippen MR) is 100 cm³/mol. The molecule has 2 nitrogen and oxygen atoms in total. The van der Waals surface area contributed by atoms with Gasteiger partial charge in [0.05, 0.1) is 13.2 Å². The molecule has 4 saturated carbocycles. The van der Waals surface area contributed by atoms with E-state index >= 15 is 0 Å². The van der Waals surface area contributed by atoms with E-state index in [9.17, 15) is 0 Å². The summed E-state index contributed by atoms with van der Waals surface area (Å²) in [7, 11) is 0. The van der Waals surface area contributed by atoms with Crippen molar-refractivity contribution in [2.24, 2.45) is 40.4 Å². The molecule has 5 rings (SSSR count). The molecule has 2 heteroatoms. The Kier molecular flexibility index (Phi) is 4.25. The molecule has 142 valence electrons. The highest BCUT2D eigenvalue weighted by Gasteiger charge is 2.59. The number of rotatable bonds is 2. The van der Waals surface area contributed by atoms with Gasteiger partial charge in [-0.15, -0.1) is 0 Å². The second-order valence-corrected chi connectivity index (χ2v) is 10.6. The molecule has 0 aromatic rings. The minimum Gasteiger partial charge on any atom is -0.350 e. The summed E-state index contributed by atoms with van der Waals surface area (Å²) in [5, 5.41) is 0. The molecule has 0 spiro atoms. The Morgan fingerprint density at radius 3 is 2.40 bits per heavy atom. The van der Waals surface area contributed by atoms with Gasteiger partial charge >= 0.3 is 0 Å². The van der Waals surface area contributed by atoms with Crippen LogP contribution in [0.2, 0.25) is 0 Å². The normalized spacial score (nSPS) is 53.3. The lowest BCUT2D eigenvalue weighted by Gasteiger charge is -2.60. The summed E-state index contributed by atoms with van der Waals surface area (Å²) in [6.45, 7) is 6.96. The first kappa shape index (κ1) is 17.0. The van der Waals surface area contributed by atoms with Crippen molar-refractivity contribution in [2.75, 3.05) is 13.2 Å². The third-order valence-corrected chi connectivity index (χ3v) is 9.95. The van der Waals surface area contributed by atoms with Crippen molar-refractivity contribution >= 4 is 0 Å². The van der Waals surface area contributed by atoms with Gasteiger partial charge in [-0.3, -0.25) is 0 Å². The zero-order chi connectivity index (χ0) is 17.1. The number of fused-ring (bicyclic) bond motifs is 5. The number of ether oxygens (including phenoxy) is 2. The Balaban J connectivity index is 1.35. The van der Waals surface area contributed by atoms with Crippen LogP contribution in [0.25, 0.3) is 0 Å². The fourth-order valence-corrected chi connectivity index (χ4v) is 8.57. The van der Waals surface area contributed by atoms with Gasteiger partial charge in [-0.25, -0.2) is 0 Å². The second kappa shape index (κ2) is 6.23. The van der Waals surface area contributed by atoms with Gasteiger partial charge in [0.25, 0.3) is 0 Å². The topological polar surface area (TPSA) is 18.5 Å². The molecule has 1 aliphatic heterocycles. The third kappa shape index (κ3) is 2.57. The number of hydrogen-bond acceptors (Lipinski definition) is 2. The van der Waals surface area contributed by atoms with Crippen LogP contribution in [-0.4, -0.2) is 19.5 Å². The van der Waals surface area contributed by atoms with E-state index < -0.39 is 0 Å². The first-order valence-corrected chi connectivity index (χ1v) is 11.3. The summed E-state index contributed by atoms with van der Waals surface area (Å²) < 4.78 is 11.6. The summed E-state index contributed by atoms with van der Waals surface area (Å²) >= 11 is 0. The van der Waals surface area contributed by atoms with Gasteiger partial charge in [0.15, 0.2) is 6.29 Å². The Bertz CT molecular complexity index is 498. The van der Waals surface area contributed by atoms with E-state index in [0.29, 0.717) is 10.8 Å². The molecule has 0 N–H and O–H groups in total. The Morgan fingerprint density at radius 2 is 1.56 bits per heavy atom. The molecule has 7 atom stereocenters. The minimum absolute atomic E-state index is 0.102. The van der Waals surface area contributed by atoms with Crippen molar-refractivity contribution in [1.82, 2.24) is 0 Å². The molecular formula is C23H38O2. The lowest BCUT2D eigenvalue weighted by Crippen LogP contribution is -2.52. The van der Waals surface area contributed by atoms with Gasteiger partial charge in [-0.05, 0) is 91.8 Å². The molecule has 0 aromatic carbocycles. The van der Waals surface area contributed by atoms with Crippen LogP contribution in [0.15, 0.2) is 0 Å². The van der Waals surface area contributed by atoms with Gasteiger partial charge in [0, 0.05) is 6.42 Å². The van der Waals surface area contributed by atoms with Crippen molar-refractivity contribution in [3.8, 4) is 0 Å². The SMILES string of the molecule is CC12CCCCC1CCC1C2CCC2(C)C1CC[C@@H]2CC1OCCO1. The van der Waals surface area contributed by atoms with Crippen LogP contribution in [0.4, 0.5) is 0 Å². The van der Waals surface area contributed by atoms with E-state index in [1.54, 1.807) is 0 Å². The molecule has 0 amide bonds. The largest absolute Gasteiger partial charge is 0.350 e. The van der Waals surface area contributed by atoms with E-state index in [1.807, 2.05) is 0 Å². The smallest absolute Gasteiger partial charge is 0.158 e. The van der Waals surface area contributed by atoms with E-state index in [2.05, 4.69) is 13.8 Å². The molecule has 4 aliphatic carbocycles. The van der Waals surface area contributed by atoms with Gasteiger partial charge in [0.1, 0.15) is 0 Å². The maximum absolute atomic E-state index is 5.81. The summed E-state index contributed by atoms with van der Waals surface area (Å²) in [6.07, 6.45) is 16.3. The van der Waals surface area contributed by atoms with Crippen LogP contribution in [-0.2, 0) is 9.47 Å². The lowest BCUT2D eigenvalue weighted by atomic mass is 9.45. The molecule has 0 radical (unpaired) electrons. The molecule has 1 saturated heterocycles. The molecule has 0 bridgehead atoms. The highest BCUT2D eigenvalue weighted by atomic mass is 16.7. The fourth-order valence-electron chi connectivity index (χ4n) is 8.57. The molecule has 25 heavy (non-hydrogen) atoms. The van der Waals surface area contributed by atoms with Crippen molar-refractivity contribution < 1.29 is 9.47 Å². The zero-order valence-electron chi connectivity index (χ0n) is 16.5. The molecular weight excluding hydrogens is 308 g/mol. The molecule has 1 heterocycles. The van der Waals surface area contributed by atoms with Gasteiger partial charge in [-0.2, -0.15) is 0 Å². The van der Waals surface area contributed by atoms with Crippen LogP contribution >= 0.6 is 0 Å². The molecule has 6 unspecified atom stereocenters. The van der Waals surface area contributed by atoms with Crippen molar-refractivity contribution in [3.63, 3.8) is 0 Å². The van der Waals surface area contributed by atoms with Gasteiger partial charge in [0.2, 0.25) is 0 Å². The van der Waals surface area contributed by atoms with E-state index in [4.69, 9.17) is 9.47 Å². The van der Waals surface area contributed by atoms with E-state index in [0.717, 1.165) is 49.2 Å². The van der Waals surface area contributed by atoms with Crippen molar-refractivity contribution in [1.29, 1.82) is 0 Å².